The molecule has 7 heteroatoms. The highest BCUT2D eigenvalue weighted by Crippen LogP contribution is 2.19. The molecule has 150 valence electrons. The Hall–Kier alpha value is -2.83. The molecule has 1 aromatic heterocycles. The van der Waals surface area contributed by atoms with Crippen LogP contribution >= 0.6 is 0 Å². The summed E-state index contributed by atoms with van der Waals surface area (Å²) in [5.74, 6) is 0.622. The Balaban J connectivity index is 1.55. The maximum Gasteiger partial charge on any atom is 0.321 e. The number of piperidine rings is 1. The van der Waals surface area contributed by atoms with Crippen LogP contribution in [0.5, 0.6) is 0 Å². The van der Waals surface area contributed by atoms with Gasteiger partial charge in [-0.2, -0.15) is 5.10 Å². The Morgan fingerprint density at radius 2 is 2.07 bits per heavy atom. The summed E-state index contributed by atoms with van der Waals surface area (Å²) >= 11 is 0. The molecule has 1 fully saturated rings. The van der Waals surface area contributed by atoms with Crippen LogP contribution in [-0.4, -0.2) is 57.7 Å². The van der Waals surface area contributed by atoms with Crippen LogP contribution in [0.25, 0.3) is 0 Å². The van der Waals surface area contributed by atoms with Gasteiger partial charge >= 0.3 is 6.03 Å². The van der Waals surface area contributed by atoms with E-state index in [0.29, 0.717) is 36.8 Å². The lowest BCUT2D eigenvalue weighted by atomic mass is 9.99. The molecule has 1 N–H and O–H groups in total. The number of rotatable bonds is 6. The van der Waals surface area contributed by atoms with E-state index in [1.165, 1.54) is 6.42 Å². The molecule has 1 aromatic carbocycles. The molecule has 0 aliphatic carbocycles. The topological polar surface area (TPSA) is 70.5 Å². The van der Waals surface area contributed by atoms with Crippen molar-refractivity contribution < 1.29 is 9.59 Å². The molecule has 0 bridgehead atoms. The summed E-state index contributed by atoms with van der Waals surface area (Å²) < 4.78 is 1.80. The van der Waals surface area contributed by atoms with Gasteiger partial charge in [0.25, 0.3) is 5.91 Å². The lowest BCUT2D eigenvalue weighted by Gasteiger charge is -2.31. The second-order valence-corrected chi connectivity index (χ2v) is 7.35. The molecule has 2 aromatic rings. The number of hydrogen-bond donors (Lipinski definition) is 1. The minimum absolute atomic E-state index is 0.0684. The number of likely N-dealkylation sites (tertiary alicyclic amines) is 1. The Morgan fingerprint density at radius 1 is 1.29 bits per heavy atom. The average Bonchev–Trinajstić information content (AvgIpc) is 3.22. The molecule has 28 heavy (non-hydrogen) atoms. The molecule has 0 spiro atoms. The SMILES string of the molecule is CCN(CCn1cccn1)C(=O)Nc1ccc(C(=O)N2CCC[C@H](C)C2)cc1. The van der Waals surface area contributed by atoms with Gasteiger partial charge in [-0.15, -0.1) is 0 Å². The molecule has 1 atom stereocenters. The summed E-state index contributed by atoms with van der Waals surface area (Å²) in [6.45, 7) is 7.61. The number of nitrogens with one attached hydrogen (secondary N) is 1. The van der Waals surface area contributed by atoms with Crippen LogP contribution in [0.1, 0.15) is 37.0 Å². The predicted octanol–water partition coefficient (Wildman–Crippen LogP) is 3.31. The molecule has 1 saturated heterocycles. The number of carbonyl (C=O) groups is 2. The van der Waals surface area contributed by atoms with Gasteiger partial charge in [0.2, 0.25) is 0 Å². The summed E-state index contributed by atoms with van der Waals surface area (Å²) in [7, 11) is 0. The van der Waals surface area contributed by atoms with E-state index < -0.39 is 0 Å². The first kappa shape index (κ1) is 19.9. The molecular formula is C21H29N5O2. The second kappa shape index (κ2) is 9.39. The fourth-order valence-electron chi connectivity index (χ4n) is 3.51. The number of urea groups is 1. The van der Waals surface area contributed by atoms with E-state index in [1.54, 1.807) is 40.0 Å². The molecule has 0 unspecified atom stereocenters. The molecule has 3 rings (SSSR count). The smallest absolute Gasteiger partial charge is 0.321 e. The molecule has 7 nitrogen and oxygen atoms in total. The van der Waals surface area contributed by atoms with E-state index in [9.17, 15) is 9.59 Å². The van der Waals surface area contributed by atoms with Crippen molar-refractivity contribution in [3.63, 3.8) is 0 Å². The zero-order chi connectivity index (χ0) is 19.9. The van der Waals surface area contributed by atoms with Crippen LogP contribution in [0, 0.1) is 5.92 Å². The van der Waals surface area contributed by atoms with Gasteiger partial charge in [0, 0.05) is 49.8 Å². The van der Waals surface area contributed by atoms with Gasteiger partial charge < -0.3 is 15.1 Å². The summed E-state index contributed by atoms with van der Waals surface area (Å²) in [5.41, 5.74) is 1.35. The van der Waals surface area contributed by atoms with Gasteiger partial charge in [0.15, 0.2) is 0 Å². The summed E-state index contributed by atoms with van der Waals surface area (Å²) in [5, 5.41) is 7.07. The van der Waals surface area contributed by atoms with Crippen LogP contribution in [0.4, 0.5) is 10.5 Å². The van der Waals surface area contributed by atoms with Gasteiger partial charge in [-0.05, 0) is 56.0 Å². The third kappa shape index (κ3) is 5.12. The second-order valence-electron chi connectivity index (χ2n) is 7.35. The lowest BCUT2D eigenvalue weighted by molar-refractivity contribution is 0.0683. The van der Waals surface area contributed by atoms with E-state index in [-0.39, 0.29) is 11.9 Å². The average molecular weight is 383 g/mol. The Kier molecular flexibility index (Phi) is 6.68. The van der Waals surface area contributed by atoms with E-state index in [1.807, 2.05) is 24.1 Å². The van der Waals surface area contributed by atoms with Crippen molar-refractivity contribution in [2.75, 3.05) is 31.5 Å². The van der Waals surface area contributed by atoms with Gasteiger partial charge in [0.05, 0.1) is 6.54 Å². The minimum atomic E-state index is -0.154. The van der Waals surface area contributed by atoms with Crippen molar-refractivity contribution in [2.24, 2.45) is 5.92 Å². The van der Waals surface area contributed by atoms with Crippen LogP contribution < -0.4 is 5.32 Å². The van der Waals surface area contributed by atoms with Crippen LogP contribution in [0.2, 0.25) is 0 Å². The van der Waals surface area contributed by atoms with Crippen molar-refractivity contribution in [3.8, 4) is 0 Å². The highest BCUT2D eigenvalue weighted by Gasteiger charge is 2.22. The van der Waals surface area contributed by atoms with Crippen LogP contribution in [-0.2, 0) is 6.54 Å². The molecule has 2 heterocycles. The third-order valence-corrected chi connectivity index (χ3v) is 5.15. The quantitative estimate of drug-likeness (QED) is 0.832. The Labute approximate surface area is 166 Å². The maximum atomic E-state index is 12.7. The number of carbonyl (C=O) groups excluding carboxylic acids is 2. The lowest BCUT2D eigenvalue weighted by Crippen LogP contribution is -2.39. The number of hydrogen-bond acceptors (Lipinski definition) is 3. The van der Waals surface area contributed by atoms with E-state index >= 15 is 0 Å². The first-order valence-corrected chi connectivity index (χ1v) is 9.99. The van der Waals surface area contributed by atoms with Crippen molar-refractivity contribution in [3.05, 3.63) is 48.3 Å². The normalized spacial score (nSPS) is 16.6. The summed E-state index contributed by atoms with van der Waals surface area (Å²) in [6, 6.07) is 8.87. The molecular weight excluding hydrogens is 354 g/mol. The fourth-order valence-corrected chi connectivity index (χ4v) is 3.51. The van der Waals surface area contributed by atoms with Crippen molar-refractivity contribution >= 4 is 17.6 Å². The number of likely N-dealkylation sites (N-methyl/N-ethyl adjacent to an activating group) is 1. The minimum Gasteiger partial charge on any atom is -0.338 e. The first-order valence-electron chi connectivity index (χ1n) is 9.99. The molecule has 1 aliphatic heterocycles. The van der Waals surface area contributed by atoms with E-state index in [0.717, 1.165) is 19.5 Å². The van der Waals surface area contributed by atoms with Gasteiger partial charge in [0.1, 0.15) is 0 Å². The van der Waals surface area contributed by atoms with Gasteiger partial charge in [-0.3, -0.25) is 9.48 Å². The predicted molar refractivity (Wildman–Crippen MR) is 109 cm³/mol. The summed E-state index contributed by atoms with van der Waals surface area (Å²) in [6.07, 6.45) is 5.85. The molecule has 3 amide bonds. The van der Waals surface area contributed by atoms with Crippen molar-refractivity contribution in [1.29, 1.82) is 0 Å². The Morgan fingerprint density at radius 3 is 2.71 bits per heavy atom. The Bertz CT molecular complexity index is 773. The standard InChI is InChI=1S/C21H29N5O2/c1-3-24(14-15-26-13-5-11-22-26)21(28)23-19-9-7-18(8-10-19)20(27)25-12-4-6-17(2)16-25/h5,7-11,13,17H,3-4,6,12,14-16H2,1-2H3,(H,23,28)/t17-/m0/s1. The van der Waals surface area contributed by atoms with Crippen molar-refractivity contribution in [2.45, 2.75) is 33.2 Å². The summed E-state index contributed by atoms with van der Waals surface area (Å²) in [4.78, 5) is 28.8. The van der Waals surface area contributed by atoms with Crippen LogP contribution in [0.3, 0.4) is 0 Å². The number of anilines is 1. The maximum absolute atomic E-state index is 12.7. The van der Waals surface area contributed by atoms with E-state index in [2.05, 4.69) is 17.3 Å². The third-order valence-electron chi connectivity index (χ3n) is 5.15. The highest BCUT2D eigenvalue weighted by atomic mass is 16.2. The number of benzene rings is 1. The molecule has 0 radical (unpaired) electrons. The highest BCUT2D eigenvalue weighted by molar-refractivity contribution is 5.95. The zero-order valence-corrected chi connectivity index (χ0v) is 16.7. The van der Waals surface area contributed by atoms with Crippen LogP contribution in [0.15, 0.2) is 42.7 Å². The van der Waals surface area contributed by atoms with Gasteiger partial charge in [-0.1, -0.05) is 6.92 Å². The number of amides is 3. The largest absolute Gasteiger partial charge is 0.338 e. The van der Waals surface area contributed by atoms with E-state index in [4.69, 9.17) is 0 Å². The molecule has 1 aliphatic rings. The zero-order valence-electron chi connectivity index (χ0n) is 16.7. The fraction of sp³-hybridized carbons (Fsp3) is 0.476. The monoisotopic (exact) mass is 383 g/mol. The first-order chi connectivity index (χ1) is 13.6. The van der Waals surface area contributed by atoms with Gasteiger partial charge in [-0.25, -0.2) is 4.79 Å². The molecule has 0 saturated carbocycles. The van der Waals surface area contributed by atoms with Crippen molar-refractivity contribution in [1.82, 2.24) is 19.6 Å². The number of nitrogens with zero attached hydrogens (tertiary/aromatic N) is 4. The number of aromatic nitrogens is 2.